The van der Waals surface area contributed by atoms with E-state index in [2.05, 4.69) is 9.55 Å². The molecule has 2 aromatic rings. The van der Waals surface area contributed by atoms with E-state index in [1.807, 2.05) is 24.7 Å². The largest absolute Gasteiger partial charge is 0.478 e. The first-order valence-electron chi connectivity index (χ1n) is 6.53. The zero-order chi connectivity index (χ0) is 13.2. The Balaban J connectivity index is 0.00000147. The van der Waals surface area contributed by atoms with E-state index in [0.29, 0.717) is 11.5 Å². The van der Waals surface area contributed by atoms with Crippen LogP contribution in [-0.4, -0.2) is 20.6 Å². The van der Waals surface area contributed by atoms with Gasteiger partial charge in [-0.15, -0.1) is 12.4 Å². The minimum atomic E-state index is -0.848. The van der Waals surface area contributed by atoms with Crippen LogP contribution in [0, 0.1) is 5.92 Å². The molecule has 0 radical (unpaired) electrons. The third kappa shape index (κ3) is 3.02. The maximum absolute atomic E-state index is 11.0. The molecule has 0 spiro atoms. The van der Waals surface area contributed by atoms with E-state index < -0.39 is 5.97 Å². The van der Waals surface area contributed by atoms with Gasteiger partial charge >= 0.3 is 5.97 Å². The van der Waals surface area contributed by atoms with Gasteiger partial charge in [0.05, 0.1) is 11.9 Å². The highest BCUT2D eigenvalue weighted by atomic mass is 35.5. The van der Waals surface area contributed by atoms with Gasteiger partial charge in [-0.05, 0) is 48.4 Å². The normalized spacial score (nSPS) is 17.1. The fraction of sp³-hybridized carbons (Fsp3) is 0.333. The van der Waals surface area contributed by atoms with Gasteiger partial charge in [0.1, 0.15) is 0 Å². The summed E-state index contributed by atoms with van der Waals surface area (Å²) in [6.07, 6.45) is 8.74. The van der Waals surface area contributed by atoms with Crippen LogP contribution in [0.4, 0.5) is 0 Å². The zero-order valence-electron chi connectivity index (χ0n) is 11.0. The third-order valence-electron chi connectivity index (χ3n) is 3.81. The lowest BCUT2D eigenvalue weighted by molar-refractivity contribution is 0.0696. The number of hydrogen-bond acceptors (Lipinski definition) is 2. The smallest absolute Gasteiger partial charge is 0.335 e. The van der Waals surface area contributed by atoms with Crippen LogP contribution in [0.2, 0.25) is 0 Å². The van der Waals surface area contributed by atoms with Crippen LogP contribution < -0.4 is 0 Å². The van der Waals surface area contributed by atoms with E-state index in [0.717, 1.165) is 25.8 Å². The van der Waals surface area contributed by atoms with Gasteiger partial charge in [-0.25, -0.2) is 9.78 Å². The van der Waals surface area contributed by atoms with Crippen molar-refractivity contribution in [3.8, 4) is 0 Å². The summed E-state index contributed by atoms with van der Waals surface area (Å²) in [6, 6.07) is 5.50. The molecule has 1 aliphatic carbocycles. The third-order valence-corrected chi connectivity index (χ3v) is 3.81. The van der Waals surface area contributed by atoms with Crippen LogP contribution in [0.3, 0.4) is 0 Å². The van der Waals surface area contributed by atoms with Crippen molar-refractivity contribution >= 4 is 18.4 Å². The molecule has 1 aliphatic rings. The fourth-order valence-corrected chi connectivity index (χ4v) is 2.81. The number of carboxylic acid groups (broad SMARTS) is 1. The lowest BCUT2D eigenvalue weighted by Crippen LogP contribution is -2.19. The molecule has 0 saturated carbocycles. The van der Waals surface area contributed by atoms with Gasteiger partial charge in [-0.2, -0.15) is 0 Å². The summed E-state index contributed by atoms with van der Waals surface area (Å²) in [5, 5.41) is 9.05. The number of fused-ring (bicyclic) bond motifs is 1. The van der Waals surface area contributed by atoms with Gasteiger partial charge in [0.2, 0.25) is 0 Å². The van der Waals surface area contributed by atoms with Crippen LogP contribution >= 0.6 is 12.4 Å². The predicted molar refractivity (Wildman–Crippen MR) is 78.4 cm³/mol. The summed E-state index contributed by atoms with van der Waals surface area (Å²) >= 11 is 0. The molecule has 3 rings (SSSR count). The number of imidazole rings is 1. The molecule has 1 N–H and O–H groups in total. The number of hydrogen-bond donors (Lipinski definition) is 1. The first-order chi connectivity index (χ1) is 9.22. The van der Waals surface area contributed by atoms with Gasteiger partial charge < -0.3 is 9.67 Å². The van der Waals surface area contributed by atoms with Crippen molar-refractivity contribution < 1.29 is 9.90 Å². The molecule has 0 bridgehead atoms. The molecule has 1 unspecified atom stereocenters. The van der Waals surface area contributed by atoms with E-state index >= 15 is 0 Å². The second kappa shape index (κ2) is 6.09. The molecular weight excluding hydrogens is 276 g/mol. The average Bonchev–Trinajstić information content (AvgIpc) is 2.90. The zero-order valence-corrected chi connectivity index (χ0v) is 11.8. The van der Waals surface area contributed by atoms with Crippen molar-refractivity contribution in [2.24, 2.45) is 5.92 Å². The molecule has 1 aromatic carbocycles. The number of aryl methyl sites for hydroxylation is 1. The van der Waals surface area contributed by atoms with Crippen molar-refractivity contribution in [2.75, 3.05) is 0 Å². The van der Waals surface area contributed by atoms with Crippen molar-refractivity contribution in [1.29, 1.82) is 0 Å². The van der Waals surface area contributed by atoms with Crippen LogP contribution in [0.5, 0.6) is 0 Å². The van der Waals surface area contributed by atoms with Crippen LogP contribution in [-0.2, 0) is 19.4 Å². The standard InChI is InChI=1S/C15H16N2O2.ClH/c18-15(19)13-4-3-12-2-1-11(7-14(12)8-13)9-17-6-5-16-10-17;/h3-6,8,10-11H,1-2,7,9H2,(H,18,19);1H. The van der Waals surface area contributed by atoms with E-state index in [1.54, 1.807) is 12.3 Å². The highest BCUT2D eigenvalue weighted by molar-refractivity contribution is 5.87. The minimum absolute atomic E-state index is 0. The molecule has 1 atom stereocenters. The molecule has 0 fully saturated rings. The summed E-state index contributed by atoms with van der Waals surface area (Å²) in [6.45, 7) is 0.955. The summed E-state index contributed by atoms with van der Waals surface area (Å²) in [4.78, 5) is 15.1. The van der Waals surface area contributed by atoms with Crippen molar-refractivity contribution in [3.05, 3.63) is 53.6 Å². The van der Waals surface area contributed by atoms with E-state index in [-0.39, 0.29) is 12.4 Å². The van der Waals surface area contributed by atoms with E-state index in [1.165, 1.54) is 11.1 Å². The Hall–Kier alpha value is -1.81. The van der Waals surface area contributed by atoms with Gasteiger partial charge in [-0.1, -0.05) is 6.07 Å². The van der Waals surface area contributed by atoms with Crippen LogP contribution in [0.15, 0.2) is 36.9 Å². The maximum atomic E-state index is 11.0. The summed E-state index contributed by atoms with van der Waals surface area (Å²) in [5.74, 6) is -0.287. The van der Waals surface area contributed by atoms with Gasteiger partial charge in [-0.3, -0.25) is 0 Å². The highest BCUT2D eigenvalue weighted by Gasteiger charge is 2.20. The van der Waals surface area contributed by atoms with Crippen LogP contribution in [0.1, 0.15) is 27.9 Å². The predicted octanol–water partition coefficient (Wildman–Crippen LogP) is 2.81. The first kappa shape index (κ1) is 14.6. The number of rotatable bonds is 3. The minimum Gasteiger partial charge on any atom is -0.478 e. The fourth-order valence-electron chi connectivity index (χ4n) is 2.81. The Labute approximate surface area is 123 Å². The lowest BCUT2D eigenvalue weighted by atomic mass is 9.83. The lowest BCUT2D eigenvalue weighted by Gasteiger charge is -2.25. The molecule has 4 nitrogen and oxygen atoms in total. The molecule has 5 heteroatoms. The Morgan fingerprint density at radius 1 is 1.40 bits per heavy atom. The molecule has 0 saturated heterocycles. The molecular formula is C15H17ClN2O2. The molecule has 0 amide bonds. The molecule has 1 aromatic heterocycles. The first-order valence-corrected chi connectivity index (χ1v) is 6.53. The number of halogens is 1. The average molecular weight is 293 g/mol. The Morgan fingerprint density at radius 3 is 2.95 bits per heavy atom. The second-order valence-corrected chi connectivity index (χ2v) is 5.16. The van der Waals surface area contributed by atoms with Gasteiger partial charge in [0, 0.05) is 18.9 Å². The van der Waals surface area contributed by atoms with Crippen molar-refractivity contribution in [1.82, 2.24) is 9.55 Å². The number of nitrogens with zero attached hydrogens (tertiary/aromatic N) is 2. The quantitative estimate of drug-likeness (QED) is 0.946. The number of carboxylic acids is 1. The van der Waals surface area contributed by atoms with Gasteiger partial charge in [0.25, 0.3) is 0 Å². The second-order valence-electron chi connectivity index (χ2n) is 5.16. The van der Waals surface area contributed by atoms with Crippen molar-refractivity contribution in [3.63, 3.8) is 0 Å². The summed E-state index contributed by atoms with van der Waals surface area (Å²) < 4.78 is 2.09. The molecule has 20 heavy (non-hydrogen) atoms. The number of aromatic nitrogens is 2. The summed E-state index contributed by atoms with van der Waals surface area (Å²) in [7, 11) is 0. The Kier molecular flexibility index (Phi) is 4.45. The Bertz CT molecular complexity index is 596. The van der Waals surface area contributed by atoms with E-state index in [4.69, 9.17) is 5.11 Å². The Morgan fingerprint density at radius 2 is 2.25 bits per heavy atom. The maximum Gasteiger partial charge on any atom is 0.335 e. The van der Waals surface area contributed by atoms with E-state index in [9.17, 15) is 4.79 Å². The number of carbonyl (C=O) groups is 1. The molecule has 1 heterocycles. The van der Waals surface area contributed by atoms with Crippen LogP contribution in [0.25, 0.3) is 0 Å². The molecule has 106 valence electrons. The number of benzene rings is 1. The number of aromatic carboxylic acids is 1. The molecule has 0 aliphatic heterocycles. The van der Waals surface area contributed by atoms with Gasteiger partial charge in [0.15, 0.2) is 0 Å². The summed E-state index contributed by atoms with van der Waals surface area (Å²) in [5.41, 5.74) is 2.88. The van der Waals surface area contributed by atoms with Crippen molar-refractivity contribution in [2.45, 2.75) is 25.8 Å². The SMILES string of the molecule is Cl.O=C(O)c1ccc2c(c1)CC(Cn1ccnc1)CC2. The monoisotopic (exact) mass is 292 g/mol. The topological polar surface area (TPSA) is 55.1 Å². The highest BCUT2D eigenvalue weighted by Crippen LogP contribution is 2.27.